The van der Waals surface area contributed by atoms with Gasteiger partial charge in [-0.1, -0.05) is 0 Å². The Bertz CT molecular complexity index is 116. The smallest absolute Gasteiger partial charge is 0.784 e. The summed E-state index contributed by atoms with van der Waals surface area (Å²) in [5.41, 5.74) is 0. The van der Waals surface area contributed by atoms with Crippen LogP contribution in [0.2, 0.25) is 0 Å². The van der Waals surface area contributed by atoms with Crippen LogP contribution in [0.4, 0.5) is 0 Å². The molecular formula is Nd2O9S3. The van der Waals surface area contributed by atoms with Gasteiger partial charge in [-0.3, -0.25) is 12.6 Å². The van der Waals surface area contributed by atoms with Gasteiger partial charge in [0.25, 0.3) is 0 Å². The first-order valence-electron chi connectivity index (χ1n) is 1.50. The molecule has 2 radical (unpaired) electrons. The van der Waals surface area contributed by atoms with Crippen LogP contribution in [0.25, 0.3) is 0 Å². The van der Waals surface area contributed by atoms with E-state index in [2.05, 4.69) is 0 Å². The van der Waals surface area contributed by atoms with Gasteiger partial charge in [-0.25, -0.2) is 0 Å². The third-order valence-electron chi connectivity index (χ3n) is 0. The van der Waals surface area contributed by atoms with Crippen molar-refractivity contribution < 1.29 is 122 Å². The molecule has 0 atom stereocenters. The molecule has 0 aliphatic carbocycles. The van der Waals surface area contributed by atoms with E-state index in [1.807, 2.05) is 0 Å². The predicted molar refractivity (Wildman–Crippen MR) is 29.1 cm³/mol. The molecule has 80 valence electrons. The minimum absolute atomic E-state index is 0. The fourth-order valence-corrected chi connectivity index (χ4v) is 0. The molecule has 0 saturated carbocycles. The fourth-order valence-electron chi connectivity index (χ4n) is 0. The minimum atomic E-state index is -3.11. The van der Waals surface area contributed by atoms with Gasteiger partial charge in [0.05, 0.1) is 0 Å². The summed E-state index contributed by atoms with van der Waals surface area (Å²) in [4.78, 5) is 0. The van der Waals surface area contributed by atoms with Gasteiger partial charge in [-0.05, 0) is 0 Å². The molecule has 0 saturated heterocycles. The monoisotopic (exact) mass is 524 g/mol. The van der Waals surface area contributed by atoms with E-state index in [4.69, 9.17) is 39.9 Å². The first kappa shape index (κ1) is 30.2. The molecule has 14 heteroatoms. The largest absolute Gasteiger partial charge is 3.00 e. The van der Waals surface area contributed by atoms with E-state index < -0.39 is 34.1 Å². The minimum Gasteiger partial charge on any atom is -0.784 e. The summed E-state index contributed by atoms with van der Waals surface area (Å²) in [6, 6.07) is 0. The van der Waals surface area contributed by atoms with Gasteiger partial charge < -0.3 is 27.3 Å². The Morgan fingerprint density at radius 3 is 0.500 bits per heavy atom. The molecule has 0 N–H and O–H groups in total. The summed E-state index contributed by atoms with van der Waals surface area (Å²) in [6.07, 6.45) is 0. The van der Waals surface area contributed by atoms with Crippen molar-refractivity contribution in [2.24, 2.45) is 0 Å². The van der Waals surface area contributed by atoms with Crippen LogP contribution in [-0.4, -0.2) is 39.9 Å². The molecule has 0 aromatic heterocycles. The third kappa shape index (κ3) is 340. The third-order valence-corrected chi connectivity index (χ3v) is 0. The van der Waals surface area contributed by atoms with Gasteiger partial charge in [-0.2, -0.15) is 0 Å². The molecule has 0 heterocycles. The van der Waals surface area contributed by atoms with Crippen LogP contribution in [0.3, 0.4) is 0 Å². The van der Waals surface area contributed by atoms with Crippen molar-refractivity contribution in [2.75, 3.05) is 0 Å². The van der Waals surface area contributed by atoms with Crippen LogP contribution < -0.4 is 0 Å². The zero-order valence-corrected chi connectivity index (χ0v) is 14.8. The van der Waals surface area contributed by atoms with Gasteiger partial charge in [0.1, 0.15) is 0 Å². The average molecular weight is 529 g/mol. The number of hydrogen-bond donors (Lipinski definition) is 0. The van der Waals surface area contributed by atoms with Crippen molar-refractivity contribution in [1.82, 2.24) is 0 Å². The summed E-state index contributed by atoms with van der Waals surface area (Å²) in [6.45, 7) is 0. The van der Waals surface area contributed by atoms with E-state index in [0.29, 0.717) is 0 Å². The quantitative estimate of drug-likeness (QED) is 0.295. The van der Waals surface area contributed by atoms with Gasteiger partial charge in [0, 0.05) is 0 Å². The topological polar surface area (TPSA) is 190 Å². The Morgan fingerprint density at radius 1 is 0.500 bits per heavy atom. The van der Waals surface area contributed by atoms with Crippen LogP contribution in [0.5, 0.6) is 0 Å². The van der Waals surface area contributed by atoms with Gasteiger partial charge in [0.15, 0.2) is 0 Å². The molecule has 0 aliphatic rings. The van der Waals surface area contributed by atoms with Crippen molar-refractivity contribution in [1.29, 1.82) is 0 Å². The molecule has 0 aromatic carbocycles. The first-order chi connectivity index (χ1) is 5.20. The Kier molecular flexibility index (Phi) is 53.7. The maximum absolute atomic E-state index is 8.44. The van der Waals surface area contributed by atoms with Gasteiger partial charge in [0.2, 0.25) is 0 Å². The molecule has 0 spiro atoms. The summed E-state index contributed by atoms with van der Waals surface area (Å²) in [5, 5.41) is 0. The van der Waals surface area contributed by atoms with Gasteiger partial charge in [-0.15, -0.1) is 34.1 Å². The second-order valence-electron chi connectivity index (χ2n) is 0.612. The zero-order valence-electron chi connectivity index (χ0n) is 5.90. The van der Waals surface area contributed by atoms with E-state index in [1.165, 1.54) is 0 Å². The summed E-state index contributed by atoms with van der Waals surface area (Å²) in [5.74, 6) is 0. The standard InChI is InChI=1S/2Nd.3H2O3S/c;;3*1-4(2)3/h;;3*(H2,1,2,3)/q2*+3;;;/p-6. The van der Waals surface area contributed by atoms with E-state index in [-0.39, 0.29) is 81.7 Å². The van der Waals surface area contributed by atoms with Crippen LogP contribution in [0.15, 0.2) is 0 Å². The second kappa shape index (κ2) is 24.9. The van der Waals surface area contributed by atoms with Crippen molar-refractivity contribution in [2.45, 2.75) is 0 Å². The molecular weight excluding hydrogens is 529 g/mol. The van der Waals surface area contributed by atoms with E-state index >= 15 is 0 Å². The van der Waals surface area contributed by atoms with E-state index in [1.54, 1.807) is 0 Å². The van der Waals surface area contributed by atoms with Gasteiger partial charge >= 0.3 is 81.7 Å². The Balaban J connectivity index is -0.0000000270. The number of hydrogen-bond acceptors (Lipinski definition) is 9. The zero-order chi connectivity index (χ0) is 10.7. The maximum atomic E-state index is 8.44. The molecule has 14 heavy (non-hydrogen) atoms. The second-order valence-corrected chi connectivity index (χ2v) is 1.84. The molecule has 0 bridgehead atoms. The van der Waals surface area contributed by atoms with Crippen molar-refractivity contribution in [3.05, 3.63) is 0 Å². The van der Waals surface area contributed by atoms with Crippen LogP contribution >= 0.6 is 0 Å². The number of rotatable bonds is 0. The fraction of sp³-hybridized carbons (Fsp3) is 0. The predicted octanol–water partition coefficient (Wildman–Crippen LogP) is -3.01. The Labute approximate surface area is 153 Å². The Hall–Kier alpha value is 2.91. The average Bonchev–Trinajstić information content (AvgIpc) is 1.54. The molecule has 9 nitrogen and oxygen atoms in total. The summed E-state index contributed by atoms with van der Waals surface area (Å²) >= 11 is -9.33. The molecule has 0 aliphatic heterocycles. The SMILES string of the molecule is O=S([O-])[O-].O=S([O-])[O-].O=S([O-])[O-].[Nd+3].[Nd+3]. The van der Waals surface area contributed by atoms with Crippen LogP contribution in [0, 0.1) is 81.7 Å². The molecule has 0 amide bonds. The summed E-state index contributed by atoms with van der Waals surface area (Å²) < 4.78 is 76.0. The van der Waals surface area contributed by atoms with E-state index in [0.717, 1.165) is 0 Å². The van der Waals surface area contributed by atoms with Crippen molar-refractivity contribution in [3.8, 4) is 0 Å². The maximum Gasteiger partial charge on any atom is 3.00 e. The van der Waals surface area contributed by atoms with Crippen LogP contribution in [-0.2, 0) is 34.1 Å². The van der Waals surface area contributed by atoms with Crippen molar-refractivity contribution in [3.63, 3.8) is 0 Å². The first-order valence-corrected chi connectivity index (χ1v) is 4.50. The molecule has 0 rings (SSSR count). The van der Waals surface area contributed by atoms with Crippen LogP contribution in [0.1, 0.15) is 0 Å². The molecule has 0 fully saturated rings. The summed E-state index contributed by atoms with van der Waals surface area (Å²) in [7, 11) is 0. The Morgan fingerprint density at radius 2 is 0.500 bits per heavy atom. The normalized spacial score (nSPS) is 7.50. The molecule has 0 aromatic rings. The molecule has 0 unspecified atom stereocenters. The van der Waals surface area contributed by atoms with E-state index in [9.17, 15) is 0 Å². The van der Waals surface area contributed by atoms with Crippen molar-refractivity contribution >= 4 is 34.1 Å².